The van der Waals surface area contributed by atoms with Gasteiger partial charge in [0.2, 0.25) is 0 Å². The first-order valence-electron chi connectivity index (χ1n) is 5.33. The number of nitrogens with zero attached hydrogens (tertiary/aromatic N) is 1. The number of benzene rings is 1. The van der Waals surface area contributed by atoms with Crippen molar-refractivity contribution in [3.63, 3.8) is 0 Å². The molecule has 18 heavy (non-hydrogen) atoms. The van der Waals surface area contributed by atoms with Gasteiger partial charge in [-0.1, -0.05) is 23.7 Å². The topological polar surface area (TPSA) is 54.9 Å². The molecule has 92 valence electrons. The van der Waals surface area contributed by atoms with Gasteiger partial charge in [-0.15, -0.1) is 11.6 Å². The third-order valence-corrected chi connectivity index (χ3v) is 3.87. The molecule has 0 spiro atoms. The Morgan fingerprint density at radius 3 is 2.83 bits per heavy atom. The summed E-state index contributed by atoms with van der Waals surface area (Å²) in [5, 5.41) is 0.986. The van der Waals surface area contributed by atoms with Gasteiger partial charge in [-0.3, -0.25) is 14.3 Å². The highest BCUT2D eigenvalue weighted by molar-refractivity contribution is 6.50. The number of rotatable bonds is 1. The number of allylic oxidation sites excluding steroid dienone is 1. The van der Waals surface area contributed by atoms with Crippen molar-refractivity contribution in [1.29, 1.82) is 0 Å². The van der Waals surface area contributed by atoms with Gasteiger partial charge in [0.1, 0.15) is 0 Å². The monoisotopic (exact) mass is 282 g/mol. The third kappa shape index (κ3) is 1.46. The summed E-state index contributed by atoms with van der Waals surface area (Å²) in [7, 11) is 0. The first-order valence-corrected chi connectivity index (χ1v) is 6.24. The maximum atomic E-state index is 11.8. The molecule has 0 saturated carbocycles. The smallest absolute Gasteiger partial charge is 0.288 e. The van der Waals surface area contributed by atoms with E-state index in [1.807, 2.05) is 0 Å². The predicted octanol–water partition coefficient (Wildman–Crippen LogP) is 1.89. The Balaban J connectivity index is 2.57. The summed E-state index contributed by atoms with van der Waals surface area (Å²) in [6.45, 7) is 0.311. The zero-order valence-electron chi connectivity index (χ0n) is 9.17. The second-order valence-corrected chi connectivity index (χ2v) is 4.74. The Kier molecular flexibility index (Phi) is 2.57. The lowest BCUT2D eigenvalue weighted by molar-refractivity contribution is 0.741. The summed E-state index contributed by atoms with van der Waals surface area (Å²) < 4.78 is 1.50. The molecule has 1 aliphatic rings. The van der Waals surface area contributed by atoms with Gasteiger partial charge >= 0.3 is 5.69 Å². The summed E-state index contributed by atoms with van der Waals surface area (Å²) >= 11 is 12.1. The zero-order chi connectivity index (χ0) is 12.9. The second kappa shape index (κ2) is 4.00. The summed E-state index contributed by atoms with van der Waals surface area (Å²) in [6.07, 6.45) is 0. The molecule has 4 nitrogen and oxygen atoms in total. The number of halogens is 2. The van der Waals surface area contributed by atoms with Crippen LogP contribution in [0.3, 0.4) is 0 Å². The van der Waals surface area contributed by atoms with E-state index in [-0.39, 0.29) is 5.88 Å². The van der Waals surface area contributed by atoms with E-state index in [9.17, 15) is 9.59 Å². The van der Waals surface area contributed by atoms with Crippen molar-refractivity contribution in [2.75, 3.05) is 5.88 Å². The van der Waals surface area contributed by atoms with Gasteiger partial charge in [-0.05, 0) is 11.6 Å². The van der Waals surface area contributed by atoms with Crippen molar-refractivity contribution in [2.45, 2.75) is 6.54 Å². The van der Waals surface area contributed by atoms with Crippen LogP contribution in [-0.2, 0) is 6.54 Å². The fraction of sp³-hybridized carbons (Fsp3) is 0.167. The number of alkyl halides is 1. The minimum atomic E-state index is -0.438. The predicted molar refractivity (Wildman–Crippen MR) is 72.3 cm³/mol. The van der Waals surface area contributed by atoms with Crippen LogP contribution in [0.4, 0.5) is 0 Å². The van der Waals surface area contributed by atoms with Crippen LogP contribution in [0.15, 0.2) is 33.4 Å². The van der Waals surface area contributed by atoms with E-state index in [2.05, 4.69) is 4.98 Å². The molecule has 1 aliphatic heterocycles. The minimum absolute atomic E-state index is 0.250. The second-order valence-electron chi connectivity index (χ2n) is 4.10. The molecule has 1 aromatic carbocycles. The molecule has 0 atom stereocenters. The van der Waals surface area contributed by atoms with Crippen molar-refractivity contribution >= 4 is 39.1 Å². The lowest BCUT2D eigenvalue weighted by atomic mass is 10.0. The fourth-order valence-corrected chi connectivity index (χ4v) is 2.80. The zero-order valence-corrected chi connectivity index (χ0v) is 10.7. The van der Waals surface area contributed by atoms with Gasteiger partial charge in [0.25, 0.3) is 5.56 Å². The molecule has 2 heterocycles. The van der Waals surface area contributed by atoms with Gasteiger partial charge in [-0.2, -0.15) is 0 Å². The number of aromatic nitrogens is 2. The molecule has 0 radical (unpaired) electrons. The Labute approximate surface area is 111 Å². The van der Waals surface area contributed by atoms with E-state index in [0.717, 1.165) is 5.57 Å². The highest BCUT2D eigenvalue weighted by Crippen LogP contribution is 2.33. The van der Waals surface area contributed by atoms with E-state index >= 15 is 0 Å². The van der Waals surface area contributed by atoms with Gasteiger partial charge in [-0.25, -0.2) is 4.79 Å². The van der Waals surface area contributed by atoms with Gasteiger partial charge in [0.05, 0.1) is 22.5 Å². The maximum Gasteiger partial charge on any atom is 0.329 e. The van der Waals surface area contributed by atoms with E-state index in [1.165, 1.54) is 4.57 Å². The molecule has 0 aliphatic carbocycles. The Hall–Kier alpha value is -1.52. The first kappa shape index (κ1) is 11.6. The molecule has 2 aromatic rings. The van der Waals surface area contributed by atoms with Crippen molar-refractivity contribution < 1.29 is 0 Å². The normalized spacial score (nSPS) is 14.3. The Morgan fingerprint density at radius 2 is 2.11 bits per heavy atom. The summed E-state index contributed by atoms with van der Waals surface area (Å²) in [4.78, 5) is 25.9. The molecular formula is C12H8Cl2N2O2. The molecule has 3 rings (SSSR count). The molecular weight excluding hydrogens is 275 g/mol. The summed E-state index contributed by atoms with van der Waals surface area (Å²) in [5.41, 5.74) is 1.19. The van der Waals surface area contributed by atoms with E-state index < -0.39 is 11.2 Å². The standard InChI is InChI=1S/C12H8Cl2N2O2/c13-4-6-5-16-10-7(9(6)14)2-1-3-8(10)11(17)15-12(16)18/h1-3H,4-5H2,(H,15,17,18). The molecule has 0 unspecified atom stereocenters. The Bertz CT molecular complexity index is 802. The largest absolute Gasteiger partial charge is 0.329 e. The van der Waals surface area contributed by atoms with Crippen molar-refractivity contribution in [3.8, 4) is 0 Å². The molecule has 0 amide bonds. The molecule has 1 aromatic heterocycles. The Morgan fingerprint density at radius 1 is 1.33 bits per heavy atom. The van der Waals surface area contributed by atoms with Gasteiger partial charge < -0.3 is 0 Å². The molecule has 0 saturated heterocycles. The van der Waals surface area contributed by atoms with E-state index in [1.54, 1.807) is 18.2 Å². The number of hydrogen-bond acceptors (Lipinski definition) is 2. The number of H-pyrrole nitrogens is 1. The number of para-hydroxylation sites is 1. The molecule has 1 N–H and O–H groups in total. The SMILES string of the molecule is O=c1[nH]c(=O)n2c3c(cccc13)C(Cl)=C(CCl)C2. The summed E-state index contributed by atoms with van der Waals surface area (Å²) in [6, 6.07) is 5.19. The fourth-order valence-electron chi connectivity index (χ4n) is 2.23. The number of aromatic amines is 1. The lowest BCUT2D eigenvalue weighted by Gasteiger charge is -2.20. The summed E-state index contributed by atoms with van der Waals surface area (Å²) in [5.74, 6) is 0.250. The molecule has 0 bridgehead atoms. The van der Waals surface area contributed by atoms with E-state index in [0.29, 0.717) is 28.0 Å². The van der Waals surface area contributed by atoms with Crippen LogP contribution in [0.25, 0.3) is 15.9 Å². The van der Waals surface area contributed by atoms with Crippen LogP contribution in [0.5, 0.6) is 0 Å². The highest BCUT2D eigenvalue weighted by atomic mass is 35.5. The average molecular weight is 283 g/mol. The number of nitrogens with one attached hydrogen (secondary N) is 1. The first-order chi connectivity index (χ1) is 8.63. The number of hydrogen-bond donors (Lipinski definition) is 1. The van der Waals surface area contributed by atoms with Crippen LogP contribution < -0.4 is 11.2 Å². The van der Waals surface area contributed by atoms with Crippen molar-refractivity contribution in [2.24, 2.45) is 0 Å². The average Bonchev–Trinajstić information content (AvgIpc) is 2.37. The molecule has 0 fully saturated rings. The van der Waals surface area contributed by atoms with Crippen molar-refractivity contribution in [1.82, 2.24) is 9.55 Å². The maximum absolute atomic E-state index is 11.8. The quantitative estimate of drug-likeness (QED) is 0.812. The van der Waals surface area contributed by atoms with E-state index in [4.69, 9.17) is 23.2 Å². The third-order valence-electron chi connectivity index (χ3n) is 3.07. The van der Waals surface area contributed by atoms with Crippen LogP contribution >= 0.6 is 23.2 Å². The van der Waals surface area contributed by atoms with Crippen LogP contribution in [0.2, 0.25) is 0 Å². The lowest BCUT2D eigenvalue weighted by Crippen LogP contribution is -2.33. The minimum Gasteiger partial charge on any atom is -0.288 e. The van der Waals surface area contributed by atoms with Crippen molar-refractivity contribution in [3.05, 3.63) is 50.2 Å². The van der Waals surface area contributed by atoms with Crippen LogP contribution in [0, 0.1) is 0 Å². The highest BCUT2D eigenvalue weighted by Gasteiger charge is 2.21. The van der Waals surface area contributed by atoms with Crippen LogP contribution in [-0.4, -0.2) is 15.4 Å². The van der Waals surface area contributed by atoms with Crippen LogP contribution in [0.1, 0.15) is 5.56 Å². The van der Waals surface area contributed by atoms with Gasteiger partial charge in [0, 0.05) is 11.4 Å². The molecule has 6 heteroatoms. The van der Waals surface area contributed by atoms with Gasteiger partial charge in [0.15, 0.2) is 0 Å².